The van der Waals surface area contributed by atoms with Crippen LogP contribution in [-0.2, 0) is 12.8 Å². The Bertz CT molecular complexity index is 566. The van der Waals surface area contributed by atoms with Crippen LogP contribution >= 0.6 is 15.9 Å². The highest BCUT2D eigenvalue weighted by Gasteiger charge is 2.08. The van der Waals surface area contributed by atoms with Crippen molar-refractivity contribution in [2.75, 3.05) is 0 Å². The fourth-order valence-electron chi connectivity index (χ4n) is 2.18. The maximum Gasteiger partial charge on any atom is 0.124 e. The van der Waals surface area contributed by atoms with Gasteiger partial charge in [-0.1, -0.05) is 51.8 Å². The molecular weight excluding hydrogens is 317 g/mol. The summed E-state index contributed by atoms with van der Waals surface area (Å²) in [6.45, 7) is 2.08. The van der Waals surface area contributed by atoms with Crippen molar-refractivity contribution in [2.24, 2.45) is 5.73 Å². The molecule has 106 valence electrons. The maximum absolute atomic E-state index is 13.0. The Morgan fingerprint density at radius 3 is 2.50 bits per heavy atom. The third-order valence-corrected chi connectivity index (χ3v) is 4.16. The predicted octanol–water partition coefficient (Wildman–Crippen LogP) is 4.40. The van der Waals surface area contributed by atoms with Crippen LogP contribution < -0.4 is 5.73 Å². The largest absolute Gasteiger partial charge is 0.327 e. The summed E-state index contributed by atoms with van der Waals surface area (Å²) in [5.41, 5.74) is 9.82. The van der Waals surface area contributed by atoms with Crippen LogP contribution in [0.1, 0.15) is 23.1 Å². The lowest BCUT2D eigenvalue weighted by molar-refractivity contribution is 0.603. The van der Waals surface area contributed by atoms with Crippen LogP contribution in [0.25, 0.3) is 0 Å². The minimum absolute atomic E-state index is 0.0815. The van der Waals surface area contributed by atoms with Crippen molar-refractivity contribution in [2.45, 2.75) is 32.2 Å². The summed E-state index contributed by atoms with van der Waals surface area (Å²) in [6.07, 6.45) is 2.65. The van der Waals surface area contributed by atoms with Gasteiger partial charge in [-0.15, -0.1) is 0 Å². The van der Waals surface area contributed by atoms with Crippen LogP contribution in [0.5, 0.6) is 0 Å². The summed E-state index contributed by atoms with van der Waals surface area (Å²) in [7, 11) is 0. The van der Waals surface area contributed by atoms with Gasteiger partial charge < -0.3 is 5.73 Å². The van der Waals surface area contributed by atoms with Crippen LogP contribution in [0.4, 0.5) is 4.39 Å². The molecule has 0 bridgehead atoms. The van der Waals surface area contributed by atoms with E-state index in [1.54, 1.807) is 6.07 Å². The number of halogens is 2. The fourth-order valence-corrected chi connectivity index (χ4v) is 2.69. The molecule has 2 rings (SSSR count). The summed E-state index contributed by atoms with van der Waals surface area (Å²) >= 11 is 3.38. The van der Waals surface area contributed by atoms with E-state index in [-0.39, 0.29) is 11.9 Å². The van der Waals surface area contributed by atoms with Crippen LogP contribution in [-0.4, -0.2) is 6.04 Å². The highest BCUT2D eigenvalue weighted by atomic mass is 79.9. The van der Waals surface area contributed by atoms with E-state index in [1.807, 2.05) is 0 Å². The first-order valence-electron chi connectivity index (χ1n) is 6.79. The van der Waals surface area contributed by atoms with Crippen molar-refractivity contribution in [3.8, 4) is 0 Å². The molecular formula is C17H19BrFN. The van der Waals surface area contributed by atoms with E-state index in [2.05, 4.69) is 47.1 Å². The van der Waals surface area contributed by atoms with Gasteiger partial charge in [0.25, 0.3) is 0 Å². The molecule has 3 heteroatoms. The Hall–Kier alpha value is -1.19. The summed E-state index contributed by atoms with van der Waals surface area (Å²) < 4.78 is 13.8. The van der Waals surface area contributed by atoms with Gasteiger partial charge in [0.05, 0.1) is 0 Å². The average molecular weight is 336 g/mol. The van der Waals surface area contributed by atoms with Crippen LogP contribution in [0, 0.1) is 12.7 Å². The smallest absolute Gasteiger partial charge is 0.124 e. The van der Waals surface area contributed by atoms with Gasteiger partial charge in [0.1, 0.15) is 5.82 Å². The molecule has 0 spiro atoms. The van der Waals surface area contributed by atoms with Gasteiger partial charge in [-0.2, -0.15) is 0 Å². The van der Waals surface area contributed by atoms with Crippen molar-refractivity contribution in [3.63, 3.8) is 0 Å². The summed E-state index contributed by atoms with van der Waals surface area (Å²) in [5, 5.41) is 0. The van der Waals surface area contributed by atoms with Crippen LogP contribution in [0.3, 0.4) is 0 Å². The summed E-state index contributed by atoms with van der Waals surface area (Å²) in [6, 6.07) is 13.4. The highest BCUT2D eigenvalue weighted by Crippen LogP contribution is 2.20. The fraction of sp³-hybridized carbons (Fsp3) is 0.294. The van der Waals surface area contributed by atoms with Gasteiger partial charge in [-0.25, -0.2) is 4.39 Å². The molecule has 0 aliphatic heterocycles. The molecule has 0 saturated heterocycles. The molecule has 1 unspecified atom stereocenters. The third-order valence-electron chi connectivity index (χ3n) is 3.42. The number of benzene rings is 2. The molecule has 2 aromatic carbocycles. The number of rotatable bonds is 5. The van der Waals surface area contributed by atoms with Gasteiger partial charge >= 0.3 is 0 Å². The molecule has 0 aliphatic rings. The van der Waals surface area contributed by atoms with Gasteiger partial charge in [0.15, 0.2) is 0 Å². The second-order valence-electron chi connectivity index (χ2n) is 5.22. The van der Waals surface area contributed by atoms with E-state index in [0.29, 0.717) is 0 Å². The van der Waals surface area contributed by atoms with Gasteiger partial charge in [0.2, 0.25) is 0 Å². The van der Waals surface area contributed by atoms with Crippen molar-refractivity contribution in [1.82, 2.24) is 0 Å². The van der Waals surface area contributed by atoms with Crippen molar-refractivity contribution in [3.05, 3.63) is 69.4 Å². The zero-order valence-corrected chi connectivity index (χ0v) is 13.2. The SMILES string of the molecule is Cc1ccc(CCC(N)Cc2ccc(F)cc2Br)cc1. The predicted molar refractivity (Wildman–Crippen MR) is 85.3 cm³/mol. The minimum atomic E-state index is -0.228. The molecule has 20 heavy (non-hydrogen) atoms. The van der Waals surface area contributed by atoms with E-state index in [0.717, 1.165) is 29.3 Å². The first-order chi connectivity index (χ1) is 9.54. The van der Waals surface area contributed by atoms with Crippen LogP contribution in [0.2, 0.25) is 0 Å². The topological polar surface area (TPSA) is 26.0 Å². The quantitative estimate of drug-likeness (QED) is 0.860. The van der Waals surface area contributed by atoms with Crippen molar-refractivity contribution in [1.29, 1.82) is 0 Å². The number of hydrogen-bond donors (Lipinski definition) is 1. The lowest BCUT2D eigenvalue weighted by atomic mass is 9.99. The molecule has 2 N–H and O–H groups in total. The monoisotopic (exact) mass is 335 g/mol. The number of nitrogens with two attached hydrogens (primary N) is 1. The lowest BCUT2D eigenvalue weighted by Crippen LogP contribution is -2.23. The van der Waals surface area contributed by atoms with E-state index in [9.17, 15) is 4.39 Å². The first-order valence-corrected chi connectivity index (χ1v) is 7.59. The van der Waals surface area contributed by atoms with Crippen molar-refractivity contribution < 1.29 is 4.39 Å². The molecule has 0 amide bonds. The maximum atomic E-state index is 13.0. The molecule has 2 aromatic rings. The zero-order valence-electron chi connectivity index (χ0n) is 11.6. The number of hydrogen-bond acceptors (Lipinski definition) is 1. The molecule has 0 fully saturated rings. The second-order valence-corrected chi connectivity index (χ2v) is 6.08. The lowest BCUT2D eigenvalue weighted by Gasteiger charge is -2.13. The minimum Gasteiger partial charge on any atom is -0.327 e. The Labute approximate surface area is 128 Å². The Morgan fingerprint density at radius 1 is 1.15 bits per heavy atom. The Kier molecular flexibility index (Phi) is 5.32. The van der Waals surface area contributed by atoms with Gasteiger partial charge in [0, 0.05) is 10.5 Å². The summed E-state index contributed by atoms with van der Waals surface area (Å²) in [4.78, 5) is 0. The Morgan fingerprint density at radius 2 is 1.85 bits per heavy atom. The molecule has 1 atom stereocenters. The highest BCUT2D eigenvalue weighted by molar-refractivity contribution is 9.10. The van der Waals surface area contributed by atoms with Gasteiger partial charge in [-0.3, -0.25) is 0 Å². The van der Waals surface area contributed by atoms with E-state index in [1.165, 1.54) is 23.3 Å². The zero-order chi connectivity index (χ0) is 14.5. The second kappa shape index (κ2) is 7.00. The number of aryl methyl sites for hydroxylation is 2. The third kappa shape index (κ3) is 4.43. The molecule has 0 radical (unpaired) electrons. The first kappa shape index (κ1) is 15.2. The average Bonchev–Trinajstić information content (AvgIpc) is 2.41. The standard InChI is InChI=1S/C17H19BrFN/c1-12-2-4-13(5-3-12)6-9-16(20)10-14-7-8-15(19)11-17(14)18/h2-5,7-8,11,16H,6,9-10,20H2,1H3. The summed E-state index contributed by atoms with van der Waals surface area (Å²) in [5.74, 6) is -0.228. The molecule has 0 saturated carbocycles. The van der Waals surface area contributed by atoms with E-state index in [4.69, 9.17) is 5.73 Å². The Balaban J connectivity index is 1.89. The van der Waals surface area contributed by atoms with E-state index < -0.39 is 0 Å². The molecule has 1 nitrogen and oxygen atoms in total. The molecule has 0 aromatic heterocycles. The normalized spacial score (nSPS) is 12.4. The van der Waals surface area contributed by atoms with Gasteiger partial charge in [-0.05, 0) is 49.4 Å². The van der Waals surface area contributed by atoms with Crippen LogP contribution in [0.15, 0.2) is 46.9 Å². The molecule has 0 aliphatic carbocycles. The van der Waals surface area contributed by atoms with E-state index >= 15 is 0 Å². The molecule has 0 heterocycles. The van der Waals surface area contributed by atoms with Crippen molar-refractivity contribution >= 4 is 15.9 Å².